The Labute approximate surface area is 114 Å². The number of halogens is 1. The molecule has 0 aliphatic carbocycles. The lowest BCUT2D eigenvalue weighted by atomic mass is 10.3. The van der Waals surface area contributed by atoms with Gasteiger partial charge in [-0.25, -0.2) is 9.37 Å². The molecule has 0 spiro atoms. The Morgan fingerprint density at radius 1 is 1.37 bits per heavy atom. The van der Waals surface area contributed by atoms with Gasteiger partial charge in [-0.15, -0.1) is 0 Å². The number of Topliss-reactive ketones (excluding diaryl/α,β-unsaturated/α-hetero) is 1. The van der Waals surface area contributed by atoms with Crippen molar-refractivity contribution < 1.29 is 9.18 Å². The number of carbonyl (C=O) groups excluding carboxylic acids is 1. The lowest BCUT2D eigenvalue weighted by Crippen LogP contribution is -2.20. The number of aromatic nitrogens is 1. The highest BCUT2D eigenvalue weighted by molar-refractivity contribution is 7.17. The average molecular weight is 279 g/mol. The van der Waals surface area contributed by atoms with E-state index in [1.165, 1.54) is 23.5 Å². The van der Waals surface area contributed by atoms with Crippen LogP contribution in [0, 0.1) is 5.82 Å². The maximum atomic E-state index is 12.8. The van der Waals surface area contributed by atoms with E-state index in [0.29, 0.717) is 16.6 Å². The predicted molar refractivity (Wildman–Crippen MR) is 74.7 cm³/mol. The number of nitrogens with one attached hydrogen (secondary N) is 1. The number of thiazole rings is 1. The van der Waals surface area contributed by atoms with Crippen molar-refractivity contribution in [1.82, 2.24) is 9.88 Å². The first-order valence-electron chi connectivity index (χ1n) is 5.71. The van der Waals surface area contributed by atoms with Gasteiger partial charge in [0, 0.05) is 5.69 Å². The Bertz CT molecular complexity index is 566. The summed E-state index contributed by atoms with van der Waals surface area (Å²) >= 11 is 1.29. The van der Waals surface area contributed by atoms with Crippen molar-refractivity contribution in [3.63, 3.8) is 0 Å². The van der Waals surface area contributed by atoms with E-state index in [-0.39, 0.29) is 11.6 Å². The lowest BCUT2D eigenvalue weighted by Gasteiger charge is -2.05. The zero-order chi connectivity index (χ0) is 13.8. The summed E-state index contributed by atoms with van der Waals surface area (Å²) in [6.45, 7) is 0.359. The van der Waals surface area contributed by atoms with Crippen LogP contribution in [0.2, 0.25) is 0 Å². The molecule has 1 N–H and O–H groups in total. The second-order valence-electron chi connectivity index (χ2n) is 4.32. The third kappa shape index (κ3) is 3.84. The fourth-order valence-electron chi connectivity index (χ4n) is 1.48. The molecule has 1 aromatic heterocycles. The summed E-state index contributed by atoms with van der Waals surface area (Å²) in [5.41, 5.74) is 0.738. The van der Waals surface area contributed by atoms with E-state index in [4.69, 9.17) is 0 Å². The maximum Gasteiger partial charge on any atom is 0.188 e. The zero-order valence-corrected chi connectivity index (χ0v) is 11.5. The molecule has 19 heavy (non-hydrogen) atoms. The fraction of sp³-hybridized carbons (Fsp3) is 0.231. The summed E-state index contributed by atoms with van der Waals surface area (Å²) in [4.78, 5) is 18.4. The Morgan fingerprint density at radius 2 is 2.05 bits per heavy atom. The molecule has 6 heteroatoms. The van der Waals surface area contributed by atoms with Gasteiger partial charge in [0.05, 0.1) is 17.6 Å². The van der Waals surface area contributed by atoms with Crippen molar-refractivity contribution in [3.05, 3.63) is 41.2 Å². The molecule has 0 saturated heterocycles. The molecule has 100 valence electrons. The SMILES string of the molecule is CN(C)CC(=O)c1cnc(Nc2ccc(F)cc2)s1. The summed E-state index contributed by atoms with van der Waals surface area (Å²) in [6.07, 6.45) is 1.56. The largest absolute Gasteiger partial charge is 0.332 e. The number of hydrogen-bond acceptors (Lipinski definition) is 5. The van der Waals surface area contributed by atoms with Crippen LogP contribution >= 0.6 is 11.3 Å². The van der Waals surface area contributed by atoms with Crippen LogP contribution in [0.25, 0.3) is 0 Å². The number of nitrogens with zero attached hydrogens (tertiary/aromatic N) is 2. The monoisotopic (exact) mass is 279 g/mol. The molecule has 2 aromatic rings. The first kappa shape index (κ1) is 13.6. The first-order chi connectivity index (χ1) is 9.04. The predicted octanol–water partition coefficient (Wildman–Crippen LogP) is 2.77. The molecule has 0 aliphatic rings. The highest BCUT2D eigenvalue weighted by Gasteiger charge is 2.11. The normalized spacial score (nSPS) is 10.7. The number of ketones is 1. The van der Waals surface area contributed by atoms with Crippen LogP contribution in [-0.4, -0.2) is 36.3 Å². The quantitative estimate of drug-likeness (QED) is 0.855. The Balaban J connectivity index is 2.05. The second kappa shape index (κ2) is 5.90. The van der Waals surface area contributed by atoms with Crippen LogP contribution in [0.15, 0.2) is 30.5 Å². The molecular formula is C13H14FN3OS. The van der Waals surface area contributed by atoms with Crippen LogP contribution in [-0.2, 0) is 0 Å². The summed E-state index contributed by atoms with van der Waals surface area (Å²) in [5, 5.41) is 3.65. The molecule has 4 nitrogen and oxygen atoms in total. The maximum absolute atomic E-state index is 12.8. The third-order valence-electron chi connectivity index (χ3n) is 2.34. The van der Waals surface area contributed by atoms with Gasteiger partial charge < -0.3 is 10.2 Å². The lowest BCUT2D eigenvalue weighted by molar-refractivity contribution is 0.0961. The number of hydrogen-bond donors (Lipinski definition) is 1. The second-order valence-corrected chi connectivity index (χ2v) is 5.35. The van der Waals surface area contributed by atoms with Gasteiger partial charge in [0.25, 0.3) is 0 Å². The molecule has 0 aliphatic heterocycles. The standard InChI is InChI=1S/C13H14FN3OS/c1-17(2)8-11(18)12-7-15-13(19-12)16-10-5-3-9(14)4-6-10/h3-7H,8H2,1-2H3,(H,15,16). The molecule has 0 atom stereocenters. The van der Waals surface area contributed by atoms with Crippen molar-refractivity contribution in [1.29, 1.82) is 0 Å². The molecule has 1 aromatic carbocycles. The van der Waals surface area contributed by atoms with Crippen molar-refractivity contribution in [2.45, 2.75) is 0 Å². The van der Waals surface area contributed by atoms with E-state index in [1.807, 2.05) is 19.0 Å². The molecule has 0 unspecified atom stereocenters. The topological polar surface area (TPSA) is 45.2 Å². The van der Waals surface area contributed by atoms with Crippen LogP contribution in [0.4, 0.5) is 15.2 Å². The van der Waals surface area contributed by atoms with Gasteiger partial charge >= 0.3 is 0 Å². The number of anilines is 2. The highest BCUT2D eigenvalue weighted by Crippen LogP contribution is 2.23. The van der Waals surface area contributed by atoms with E-state index in [2.05, 4.69) is 10.3 Å². The van der Waals surface area contributed by atoms with Crippen molar-refractivity contribution in [2.75, 3.05) is 26.0 Å². The van der Waals surface area contributed by atoms with E-state index < -0.39 is 0 Å². The number of carbonyl (C=O) groups is 1. The van der Waals surface area contributed by atoms with Crippen LogP contribution in [0.3, 0.4) is 0 Å². The van der Waals surface area contributed by atoms with Crippen LogP contribution in [0.5, 0.6) is 0 Å². The van der Waals surface area contributed by atoms with Crippen molar-refractivity contribution >= 4 is 27.9 Å². The van der Waals surface area contributed by atoms with Gasteiger partial charge in [0.15, 0.2) is 10.9 Å². The number of rotatable bonds is 5. The van der Waals surface area contributed by atoms with Gasteiger partial charge in [-0.2, -0.15) is 0 Å². The minimum absolute atomic E-state index is 0.0367. The Kier molecular flexibility index (Phi) is 4.24. The van der Waals surface area contributed by atoms with Gasteiger partial charge in [-0.1, -0.05) is 11.3 Å². The van der Waals surface area contributed by atoms with E-state index in [0.717, 1.165) is 5.69 Å². The Hall–Kier alpha value is -1.79. The molecule has 0 fully saturated rings. The van der Waals surface area contributed by atoms with Gasteiger partial charge in [-0.3, -0.25) is 4.79 Å². The van der Waals surface area contributed by atoms with E-state index >= 15 is 0 Å². The minimum atomic E-state index is -0.286. The summed E-state index contributed by atoms with van der Waals surface area (Å²) < 4.78 is 12.8. The number of benzene rings is 1. The molecule has 0 bridgehead atoms. The Morgan fingerprint density at radius 3 is 2.68 bits per heavy atom. The van der Waals surface area contributed by atoms with Crippen LogP contribution in [0.1, 0.15) is 9.67 Å². The van der Waals surface area contributed by atoms with Crippen molar-refractivity contribution in [3.8, 4) is 0 Å². The van der Waals surface area contributed by atoms with Crippen molar-refractivity contribution in [2.24, 2.45) is 0 Å². The summed E-state index contributed by atoms with van der Waals surface area (Å²) in [7, 11) is 3.69. The fourth-order valence-corrected chi connectivity index (χ4v) is 2.25. The van der Waals surface area contributed by atoms with Crippen LogP contribution < -0.4 is 5.32 Å². The van der Waals surface area contributed by atoms with Gasteiger partial charge in [-0.05, 0) is 38.4 Å². The van der Waals surface area contributed by atoms with Gasteiger partial charge in [0.1, 0.15) is 5.82 Å². The third-order valence-corrected chi connectivity index (χ3v) is 3.29. The molecular weight excluding hydrogens is 265 g/mol. The number of likely N-dealkylation sites (N-methyl/N-ethyl adjacent to an activating group) is 1. The smallest absolute Gasteiger partial charge is 0.188 e. The molecule has 2 rings (SSSR count). The first-order valence-corrected chi connectivity index (χ1v) is 6.52. The molecule has 0 amide bonds. The molecule has 0 radical (unpaired) electrons. The van der Waals surface area contributed by atoms with E-state index in [1.54, 1.807) is 18.3 Å². The zero-order valence-electron chi connectivity index (χ0n) is 10.7. The molecule has 0 saturated carbocycles. The minimum Gasteiger partial charge on any atom is -0.332 e. The molecule has 1 heterocycles. The summed E-state index contributed by atoms with van der Waals surface area (Å²) in [6, 6.07) is 5.98. The highest BCUT2D eigenvalue weighted by atomic mass is 32.1. The van der Waals surface area contributed by atoms with E-state index in [9.17, 15) is 9.18 Å². The summed E-state index contributed by atoms with van der Waals surface area (Å²) in [5.74, 6) is -0.249. The average Bonchev–Trinajstić information content (AvgIpc) is 2.80. The van der Waals surface area contributed by atoms with Gasteiger partial charge in [0.2, 0.25) is 0 Å².